The number of hydrogen-bond donors (Lipinski definition) is 2. The van der Waals surface area contributed by atoms with E-state index in [9.17, 15) is 5.11 Å². The summed E-state index contributed by atoms with van der Waals surface area (Å²) in [5.74, 6) is 0.252. The zero-order valence-electron chi connectivity index (χ0n) is 9.50. The Kier molecular flexibility index (Phi) is 5.56. The van der Waals surface area contributed by atoms with Gasteiger partial charge in [0.15, 0.2) is 0 Å². The highest BCUT2D eigenvalue weighted by molar-refractivity contribution is 6.42. The Hall–Kier alpha value is -0.280. The molecule has 16 heavy (non-hydrogen) atoms. The summed E-state index contributed by atoms with van der Waals surface area (Å²) in [5, 5.41) is 13.9. The first-order chi connectivity index (χ1) is 7.52. The molecule has 1 unspecified atom stereocenters. The highest BCUT2D eigenvalue weighted by Crippen LogP contribution is 2.25. The zero-order valence-corrected chi connectivity index (χ0v) is 11.0. The summed E-state index contributed by atoms with van der Waals surface area (Å²) in [5.41, 5.74) is 0.949. The van der Waals surface area contributed by atoms with Crippen LogP contribution in [0, 0.1) is 5.92 Å². The Bertz CT molecular complexity index is 342. The van der Waals surface area contributed by atoms with Gasteiger partial charge < -0.3 is 10.4 Å². The topological polar surface area (TPSA) is 32.3 Å². The lowest BCUT2D eigenvalue weighted by Gasteiger charge is -2.15. The van der Waals surface area contributed by atoms with Gasteiger partial charge in [-0.3, -0.25) is 0 Å². The average Bonchev–Trinajstić information content (AvgIpc) is 2.24. The SMILES string of the molecule is CC(C)C(O)CNCc1cccc(Cl)c1Cl. The molecule has 0 radical (unpaired) electrons. The van der Waals surface area contributed by atoms with Crippen molar-refractivity contribution >= 4 is 23.2 Å². The summed E-state index contributed by atoms with van der Waals surface area (Å²) in [6.07, 6.45) is -0.335. The Labute approximate surface area is 107 Å². The van der Waals surface area contributed by atoms with E-state index >= 15 is 0 Å². The van der Waals surface area contributed by atoms with Crippen LogP contribution in [0.4, 0.5) is 0 Å². The van der Waals surface area contributed by atoms with Crippen LogP contribution < -0.4 is 5.32 Å². The minimum Gasteiger partial charge on any atom is -0.392 e. The molecule has 1 rings (SSSR count). The van der Waals surface area contributed by atoms with Gasteiger partial charge in [-0.1, -0.05) is 49.2 Å². The van der Waals surface area contributed by atoms with Gasteiger partial charge in [0, 0.05) is 13.1 Å². The minimum atomic E-state index is -0.335. The van der Waals surface area contributed by atoms with Gasteiger partial charge in [-0.2, -0.15) is 0 Å². The average molecular weight is 262 g/mol. The first-order valence-electron chi connectivity index (χ1n) is 5.34. The second-order valence-corrected chi connectivity index (χ2v) is 4.94. The molecule has 0 aliphatic carbocycles. The van der Waals surface area contributed by atoms with Crippen molar-refractivity contribution in [2.75, 3.05) is 6.54 Å². The van der Waals surface area contributed by atoms with E-state index in [2.05, 4.69) is 5.32 Å². The molecule has 0 aliphatic rings. The number of nitrogens with one attached hydrogen (secondary N) is 1. The fraction of sp³-hybridized carbons (Fsp3) is 0.500. The van der Waals surface area contributed by atoms with E-state index < -0.39 is 0 Å². The maximum Gasteiger partial charge on any atom is 0.0687 e. The summed E-state index contributed by atoms with van der Waals surface area (Å²) >= 11 is 11.9. The molecule has 0 bridgehead atoms. The van der Waals surface area contributed by atoms with E-state index in [0.29, 0.717) is 23.1 Å². The molecule has 0 saturated carbocycles. The van der Waals surface area contributed by atoms with Crippen LogP contribution in [0.5, 0.6) is 0 Å². The maximum absolute atomic E-state index is 9.61. The van der Waals surface area contributed by atoms with Crippen LogP contribution in [0.3, 0.4) is 0 Å². The lowest BCUT2D eigenvalue weighted by atomic mass is 10.1. The Balaban J connectivity index is 2.46. The van der Waals surface area contributed by atoms with Gasteiger partial charge in [-0.25, -0.2) is 0 Å². The lowest BCUT2D eigenvalue weighted by Crippen LogP contribution is -2.30. The summed E-state index contributed by atoms with van der Waals surface area (Å²) in [7, 11) is 0. The van der Waals surface area contributed by atoms with Crippen LogP contribution in [-0.2, 0) is 6.54 Å². The van der Waals surface area contributed by atoms with Crippen LogP contribution >= 0.6 is 23.2 Å². The van der Waals surface area contributed by atoms with Gasteiger partial charge in [0.1, 0.15) is 0 Å². The summed E-state index contributed by atoms with van der Waals surface area (Å²) < 4.78 is 0. The molecule has 2 nitrogen and oxygen atoms in total. The summed E-state index contributed by atoms with van der Waals surface area (Å²) in [6.45, 7) is 5.14. The van der Waals surface area contributed by atoms with Gasteiger partial charge >= 0.3 is 0 Å². The number of hydrogen-bond acceptors (Lipinski definition) is 2. The molecule has 0 aromatic heterocycles. The van der Waals surface area contributed by atoms with Crippen molar-refractivity contribution in [3.63, 3.8) is 0 Å². The normalized spacial score (nSPS) is 13.1. The third-order valence-electron chi connectivity index (χ3n) is 2.47. The second kappa shape index (κ2) is 6.45. The van der Waals surface area contributed by atoms with E-state index in [1.807, 2.05) is 26.0 Å². The largest absolute Gasteiger partial charge is 0.392 e. The maximum atomic E-state index is 9.61. The number of aliphatic hydroxyl groups is 1. The molecule has 90 valence electrons. The van der Waals surface area contributed by atoms with Crippen molar-refractivity contribution in [1.82, 2.24) is 5.32 Å². The number of benzene rings is 1. The van der Waals surface area contributed by atoms with E-state index in [4.69, 9.17) is 23.2 Å². The molecular formula is C12H17Cl2NO. The number of aliphatic hydroxyl groups excluding tert-OH is 1. The van der Waals surface area contributed by atoms with Crippen molar-refractivity contribution in [3.05, 3.63) is 33.8 Å². The van der Waals surface area contributed by atoms with Crippen molar-refractivity contribution in [2.24, 2.45) is 5.92 Å². The highest BCUT2D eigenvalue weighted by atomic mass is 35.5. The van der Waals surface area contributed by atoms with Crippen LogP contribution in [-0.4, -0.2) is 17.8 Å². The molecule has 0 spiro atoms. The van der Waals surface area contributed by atoms with Crippen LogP contribution in [0.25, 0.3) is 0 Å². The molecule has 0 aliphatic heterocycles. The van der Waals surface area contributed by atoms with Crippen molar-refractivity contribution in [1.29, 1.82) is 0 Å². The molecule has 0 heterocycles. The Morgan fingerprint density at radius 3 is 2.62 bits per heavy atom. The molecule has 1 aromatic rings. The summed E-state index contributed by atoms with van der Waals surface area (Å²) in [6, 6.07) is 5.55. The quantitative estimate of drug-likeness (QED) is 0.854. The van der Waals surface area contributed by atoms with Crippen LogP contribution in [0.2, 0.25) is 10.0 Å². The fourth-order valence-corrected chi connectivity index (χ4v) is 1.66. The molecule has 2 N–H and O–H groups in total. The zero-order chi connectivity index (χ0) is 12.1. The second-order valence-electron chi connectivity index (χ2n) is 4.16. The van der Waals surface area contributed by atoms with E-state index in [0.717, 1.165) is 5.56 Å². The third kappa shape index (κ3) is 3.95. The van der Waals surface area contributed by atoms with Gasteiger partial charge in [-0.15, -0.1) is 0 Å². The smallest absolute Gasteiger partial charge is 0.0687 e. The highest BCUT2D eigenvalue weighted by Gasteiger charge is 2.09. The van der Waals surface area contributed by atoms with Gasteiger partial charge in [0.05, 0.1) is 16.1 Å². The van der Waals surface area contributed by atoms with Crippen molar-refractivity contribution in [2.45, 2.75) is 26.5 Å². The first kappa shape index (κ1) is 13.8. The lowest BCUT2D eigenvalue weighted by molar-refractivity contribution is 0.123. The van der Waals surface area contributed by atoms with E-state index in [1.165, 1.54) is 0 Å². The monoisotopic (exact) mass is 261 g/mol. The molecule has 4 heteroatoms. The molecule has 1 aromatic carbocycles. The van der Waals surface area contributed by atoms with E-state index in [1.54, 1.807) is 6.07 Å². The molecule has 0 fully saturated rings. The first-order valence-corrected chi connectivity index (χ1v) is 6.09. The van der Waals surface area contributed by atoms with Gasteiger partial charge in [-0.05, 0) is 17.5 Å². The minimum absolute atomic E-state index is 0.252. The van der Waals surface area contributed by atoms with E-state index in [-0.39, 0.29) is 12.0 Å². The van der Waals surface area contributed by atoms with Crippen LogP contribution in [0.15, 0.2) is 18.2 Å². The summed E-state index contributed by atoms with van der Waals surface area (Å²) in [4.78, 5) is 0. The number of halogens is 2. The Morgan fingerprint density at radius 1 is 1.31 bits per heavy atom. The van der Waals surface area contributed by atoms with Crippen molar-refractivity contribution in [3.8, 4) is 0 Å². The third-order valence-corrected chi connectivity index (χ3v) is 3.33. The van der Waals surface area contributed by atoms with Gasteiger partial charge in [0.2, 0.25) is 0 Å². The standard InChI is InChI=1S/C12H17Cl2NO/c1-8(2)11(16)7-15-6-9-4-3-5-10(13)12(9)14/h3-5,8,11,15-16H,6-7H2,1-2H3. The van der Waals surface area contributed by atoms with Crippen molar-refractivity contribution < 1.29 is 5.11 Å². The van der Waals surface area contributed by atoms with Gasteiger partial charge in [0.25, 0.3) is 0 Å². The predicted molar refractivity (Wildman–Crippen MR) is 69.0 cm³/mol. The Morgan fingerprint density at radius 2 is 2.00 bits per heavy atom. The predicted octanol–water partition coefficient (Wildman–Crippen LogP) is 3.10. The molecule has 1 atom stereocenters. The molecule has 0 saturated heterocycles. The fourth-order valence-electron chi connectivity index (χ4n) is 1.28. The number of rotatable bonds is 5. The molecule has 0 amide bonds. The molecular weight excluding hydrogens is 245 g/mol. The van der Waals surface area contributed by atoms with Crippen LogP contribution in [0.1, 0.15) is 19.4 Å².